The molecule has 0 aliphatic heterocycles. The predicted molar refractivity (Wildman–Crippen MR) is 128 cm³/mol. The molecule has 0 radical (unpaired) electrons. The maximum absolute atomic E-state index is 13.3. The summed E-state index contributed by atoms with van der Waals surface area (Å²) >= 11 is 0. The van der Waals surface area contributed by atoms with E-state index in [9.17, 15) is 9.59 Å². The van der Waals surface area contributed by atoms with Crippen LogP contribution in [0.15, 0.2) is 70.4 Å². The van der Waals surface area contributed by atoms with Crippen LogP contribution in [0.3, 0.4) is 0 Å². The van der Waals surface area contributed by atoms with Gasteiger partial charge in [-0.2, -0.15) is 10.4 Å². The largest absolute Gasteiger partial charge is 0.335 e. The maximum atomic E-state index is 13.3. The van der Waals surface area contributed by atoms with Crippen molar-refractivity contribution in [3.63, 3.8) is 0 Å². The Bertz CT molecular complexity index is 1510. The first-order valence-electron chi connectivity index (χ1n) is 10.6. The first-order chi connectivity index (χ1) is 15.6. The molecule has 0 fully saturated rings. The lowest BCUT2D eigenvalue weighted by atomic mass is 9.87. The lowest BCUT2D eigenvalue weighted by Crippen LogP contribution is -2.40. The van der Waals surface area contributed by atoms with Crippen molar-refractivity contribution in [2.45, 2.75) is 33.1 Å². The molecule has 4 rings (SSSR count). The molecule has 0 amide bonds. The third-order valence-corrected chi connectivity index (χ3v) is 5.80. The van der Waals surface area contributed by atoms with E-state index in [-0.39, 0.29) is 5.41 Å². The number of nitriles is 1. The van der Waals surface area contributed by atoms with Gasteiger partial charge in [-0.3, -0.25) is 13.9 Å². The number of nitrogens with zero attached hydrogens (tertiary/aromatic N) is 5. The zero-order chi connectivity index (χ0) is 23.9. The van der Waals surface area contributed by atoms with Crippen LogP contribution in [0.1, 0.15) is 37.6 Å². The molecule has 2 heterocycles. The third kappa shape index (κ3) is 3.80. The summed E-state index contributed by atoms with van der Waals surface area (Å²) in [5, 5.41) is 13.5. The smallest absolute Gasteiger partial charge is 0.268 e. The van der Waals surface area contributed by atoms with Crippen molar-refractivity contribution in [3.05, 3.63) is 98.5 Å². The van der Waals surface area contributed by atoms with Crippen LogP contribution in [0.4, 0.5) is 0 Å². The minimum atomic E-state index is -0.406. The van der Waals surface area contributed by atoms with Gasteiger partial charge in [0.15, 0.2) is 0 Å². The second kappa shape index (κ2) is 8.06. The molecule has 2 aromatic carbocycles. The molecule has 2 aromatic heterocycles. The van der Waals surface area contributed by atoms with Crippen LogP contribution in [0.25, 0.3) is 22.6 Å². The van der Waals surface area contributed by atoms with E-state index in [1.807, 2.05) is 24.3 Å². The minimum absolute atomic E-state index is 0.0920. The van der Waals surface area contributed by atoms with E-state index >= 15 is 0 Å². The minimum Gasteiger partial charge on any atom is -0.268 e. The van der Waals surface area contributed by atoms with E-state index in [0.29, 0.717) is 33.9 Å². The fraction of sp³-hybridized carbons (Fsp3) is 0.231. The van der Waals surface area contributed by atoms with Crippen LogP contribution in [0, 0.1) is 18.3 Å². The highest BCUT2D eigenvalue weighted by Gasteiger charge is 2.22. The fourth-order valence-corrected chi connectivity index (χ4v) is 3.90. The molecule has 0 N–H and O–H groups in total. The van der Waals surface area contributed by atoms with Crippen molar-refractivity contribution in [1.29, 1.82) is 5.26 Å². The zero-order valence-electron chi connectivity index (χ0n) is 19.3. The molecule has 33 heavy (non-hydrogen) atoms. The number of hydrogen-bond acceptors (Lipinski definition) is 4. The predicted octanol–water partition coefficient (Wildman–Crippen LogP) is 3.87. The quantitative estimate of drug-likeness (QED) is 0.485. The Balaban J connectivity index is 1.98. The first-order valence-corrected chi connectivity index (χ1v) is 10.6. The Morgan fingerprint density at radius 1 is 0.970 bits per heavy atom. The van der Waals surface area contributed by atoms with Gasteiger partial charge in [-0.1, -0.05) is 32.9 Å². The van der Waals surface area contributed by atoms with E-state index in [2.05, 4.69) is 31.9 Å². The molecular weight excluding hydrogens is 414 g/mol. The molecular formula is C26H25N5O2. The maximum Gasteiger partial charge on any atom is 0.335 e. The number of aromatic nitrogens is 4. The summed E-state index contributed by atoms with van der Waals surface area (Å²) in [6.07, 6.45) is 1.61. The summed E-state index contributed by atoms with van der Waals surface area (Å²) in [6.45, 7) is 8.12. The Morgan fingerprint density at radius 2 is 1.67 bits per heavy atom. The molecule has 0 saturated carbocycles. The average molecular weight is 440 g/mol. The van der Waals surface area contributed by atoms with Gasteiger partial charge in [0.05, 0.1) is 40.5 Å². The van der Waals surface area contributed by atoms with Gasteiger partial charge in [0.25, 0.3) is 5.56 Å². The second-order valence-corrected chi connectivity index (χ2v) is 9.03. The van der Waals surface area contributed by atoms with E-state index in [4.69, 9.17) is 5.26 Å². The van der Waals surface area contributed by atoms with E-state index in [1.165, 1.54) is 7.05 Å². The van der Waals surface area contributed by atoms with Crippen molar-refractivity contribution in [2.75, 3.05) is 0 Å². The summed E-state index contributed by atoms with van der Waals surface area (Å²) in [5.41, 5.74) is 3.63. The van der Waals surface area contributed by atoms with Crippen LogP contribution in [0.2, 0.25) is 0 Å². The molecule has 0 unspecified atom stereocenters. The fourth-order valence-electron chi connectivity index (χ4n) is 3.90. The number of hydrogen-bond donors (Lipinski definition) is 0. The van der Waals surface area contributed by atoms with E-state index in [0.717, 1.165) is 10.1 Å². The van der Waals surface area contributed by atoms with Gasteiger partial charge < -0.3 is 0 Å². The molecule has 4 aromatic rings. The van der Waals surface area contributed by atoms with Crippen molar-refractivity contribution in [1.82, 2.24) is 18.9 Å². The van der Waals surface area contributed by atoms with Crippen LogP contribution in [-0.2, 0) is 12.5 Å². The summed E-state index contributed by atoms with van der Waals surface area (Å²) in [5.74, 6) is 0. The Kier molecular flexibility index (Phi) is 5.38. The van der Waals surface area contributed by atoms with Crippen molar-refractivity contribution in [3.8, 4) is 28.7 Å². The molecule has 7 heteroatoms. The van der Waals surface area contributed by atoms with Crippen molar-refractivity contribution >= 4 is 0 Å². The molecule has 0 atom stereocenters. The van der Waals surface area contributed by atoms with Crippen LogP contribution >= 0.6 is 0 Å². The Morgan fingerprint density at radius 3 is 2.30 bits per heavy atom. The topological polar surface area (TPSA) is 85.6 Å². The van der Waals surface area contributed by atoms with Crippen molar-refractivity contribution < 1.29 is 0 Å². The highest BCUT2D eigenvalue weighted by atomic mass is 16.2. The molecule has 7 nitrogen and oxygen atoms in total. The highest BCUT2D eigenvalue weighted by Crippen LogP contribution is 2.26. The highest BCUT2D eigenvalue weighted by molar-refractivity contribution is 5.64. The van der Waals surface area contributed by atoms with Crippen LogP contribution in [0.5, 0.6) is 0 Å². The standard InChI is InChI=1S/C26H25N5O2/c1-17-23(22-13-14-28-31(22)20-11-9-18(16-27)10-12-20)24(32)29(5)25(33)30(17)21-8-6-7-19(15-21)26(2,3)4/h6-15H,1-5H3. The lowest BCUT2D eigenvalue weighted by Gasteiger charge is -2.21. The SMILES string of the molecule is Cc1c(-c2ccnn2-c2ccc(C#N)cc2)c(=O)n(C)c(=O)n1-c1cccc(C(C)(C)C)c1. The third-order valence-electron chi connectivity index (χ3n) is 5.80. The summed E-state index contributed by atoms with van der Waals surface area (Å²) in [7, 11) is 1.49. The summed E-state index contributed by atoms with van der Waals surface area (Å²) < 4.78 is 4.34. The monoisotopic (exact) mass is 439 g/mol. The number of rotatable bonds is 3. The molecule has 166 valence electrons. The summed E-state index contributed by atoms with van der Waals surface area (Å²) in [6, 6.07) is 18.6. The van der Waals surface area contributed by atoms with Crippen LogP contribution < -0.4 is 11.2 Å². The van der Waals surface area contributed by atoms with E-state index in [1.54, 1.807) is 52.7 Å². The zero-order valence-corrected chi connectivity index (χ0v) is 19.3. The van der Waals surface area contributed by atoms with Gasteiger partial charge in [-0.25, -0.2) is 9.48 Å². The molecule has 0 aliphatic carbocycles. The van der Waals surface area contributed by atoms with Crippen LogP contribution in [-0.4, -0.2) is 18.9 Å². The van der Waals surface area contributed by atoms with Crippen molar-refractivity contribution in [2.24, 2.45) is 7.05 Å². The Hall–Kier alpha value is -4.18. The average Bonchev–Trinajstić information content (AvgIpc) is 3.27. The van der Waals surface area contributed by atoms with Gasteiger partial charge in [0, 0.05) is 12.7 Å². The summed E-state index contributed by atoms with van der Waals surface area (Å²) in [4.78, 5) is 26.5. The normalized spacial score (nSPS) is 11.4. The van der Waals surface area contributed by atoms with E-state index < -0.39 is 11.2 Å². The molecule has 0 aliphatic rings. The number of benzene rings is 2. The second-order valence-electron chi connectivity index (χ2n) is 9.03. The van der Waals surface area contributed by atoms with Gasteiger partial charge in [0.1, 0.15) is 0 Å². The van der Waals surface area contributed by atoms with Gasteiger partial charge in [0.2, 0.25) is 0 Å². The van der Waals surface area contributed by atoms with Gasteiger partial charge >= 0.3 is 5.69 Å². The molecule has 0 bridgehead atoms. The lowest BCUT2D eigenvalue weighted by molar-refractivity contribution is 0.589. The Labute approximate surface area is 191 Å². The van der Waals surface area contributed by atoms with Gasteiger partial charge in [-0.05, 0) is 60.4 Å². The molecule has 0 saturated heterocycles. The van der Waals surface area contributed by atoms with Gasteiger partial charge in [-0.15, -0.1) is 0 Å². The molecule has 0 spiro atoms. The first kappa shape index (κ1) is 22.0.